The number of carboxylic acid groups (broad SMARTS) is 1. The van der Waals surface area contributed by atoms with Crippen molar-refractivity contribution in [3.8, 4) is 0 Å². The van der Waals surface area contributed by atoms with Crippen molar-refractivity contribution in [2.75, 3.05) is 26.7 Å². The number of aromatic nitrogens is 1. The smallest absolute Gasteiger partial charge is 0.416 e. The molecule has 1 amide bonds. The van der Waals surface area contributed by atoms with Crippen LogP contribution in [0.15, 0.2) is 28.9 Å². The van der Waals surface area contributed by atoms with Gasteiger partial charge in [0.2, 0.25) is 5.91 Å². The first kappa shape index (κ1) is 19.2. The highest BCUT2D eigenvalue weighted by molar-refractivity contribution is 9.10. The maximum atomic E-state index is 13.0. The van der Waals surface area contributed by atoms with Crippen LogP contribution in [0, 0.1) is 5.92 Å². The summed E-state index contributed by atoms with van der Waals surface area (Å²) >= 11 is 3.52. The van der Waals surface area contributed by atoms with Crippen LogP contribution >= 0.6 is 15.9 Å². The van der Waals surface area contributed by atoms with Gasteiger partial charge in [0.15, 0.2) is 0 Å². The fraction of sp³-hybridized carbons (Fsp3) is 0.429. The van der Waals surface area contributed by atoms with Crippen LogP contribution in [-0.4, -0.2) is 64.2 Å². The molecule has 2 atom stereocenters. The maximum absolute atomic E-state index is 13.0. The molecule has 28 heavy (non-hydrogen) atoms. The first-order chi connectivity index (χ1) is 13.4. The van der Waals surface area contributed by atoms with Crippen LogP contribution in [0.4, 0.5) is 4.79 Å². The quantitative estimate of drug-likeness (QED) is 0.782. The van der Waals surface area contributed by atoms with E-state index in [1.165, 1.54) is 4.57 Å². The third-order valence-electron chi connectivity index (χ3n) is 6.08. The van der Waals surface area contributed by atoms with Gasteiger partial charge in [-0.1, -0.05) is 18.2 Å². The first-order valence-electron chi connectivity index (χ1n) is 9.65. The molecule has 0 spiro atoms. The topological polar surface area (TPSA) is 65.8 Å². The fourth-order valence-corrected chi connectivity index (χ4v) is 5.41. The number of rotatable bonds is 3. The van der Waals surface area contributed by atoms with Gasteiger partial charge >= 0.3 is 6.09 Å². The summed E-state index contributed by atoms with van der Waals surface area (Å²) in [4.78, 5) is 28.9. The maximum Gasteiger partial charge on any atom is 0.416 e. The molecular weight excluding hydrogens is 422 g/mol. The average Bonchev–Trinajstić information content (AvgIpc) is 2.96. The molecule has 1 aliphatic carbocycles. The highest BCUT2D eigenvalue weighted by atomic mass is 79.9. The molecule has 2 heterocycles. The molecule has 0 saturated carbocycles. The van der Waals surface area contributed by atoms with Gasteiger partial charge in [-0.3, -0.25) is 9.69 Å². The minimum absolute atomic E-state index is 0.139. The molecule has 2 aliphatic rings. The van der Waals surface area contributed by atoms with Crippen LogP contribution in [0.2, 0.25) is 0 Å². The second kappa shape index (κ2) is 7.04. The lowest BCUT2D eigenvalue weighted by atomic mass is 9.79. The number of hydrogen-bond acceptors (Lipinski definition) is 3. The molecule has 0 saturated heterocycles. The van der Waals surface area contributed by atoms with Gasteiger partial charge in [-0.2, -0.15) is 0 Å². The van der Waals surface area contributed by atoms with E-state index in [0.717, 1.165) is 28.5 Å². The van der Waals surface area contributed by atoms with Crippen molar-refractivity contribution in [1.29, 1.82) is 0 Å². The van der Waals surface area contributed by atoms with Gasteiger partial charge in [0.05, 0.1) is 16.0 Å². The zero-order valence-corrected chi connectivity index (χ0v) is 17.9. The summed E-state index contributed by atoms with van der Waals surface area (Å²) in [6, 6.07) is 5.92. The highest BCUT2D eigenvalue weighted by Crippen LogP contribution is 2.44. The third kappa shape index (κ3) is 2.71. The van der Waals surface area contributed by atoms with E-state index in [1.54, 1.807) is 0 Å². The largest absolute Gasteiger partial charge is 0.464 e. The summed E-state index contributed by atoms with van der Waals surface area (Å²) in [7, 11) is 2.05. The molecule has 1 aliphatic heterocycles. The number of benzene rings is 1. The lowest BCUT2D eigenvalue weighted by Gasteiger charge is -2.40. The first-order valence-corrected chi connectivity index (χ1v) is 10.4. The molecule has 2 unspecified atom stereocenters. The minimum atomic E-state index is -0.998. The van der Waals surface area contributed by atoms with Crippen molar-refractivity contribution < 1.29 is 14.7 Å². The van der Waals surface area contributed by atoms with Gasteiger partial charge < -0.3 is 10.0 Å². The Morgan fingerprint density at radius 1 is 1.29 bits per heavy atom. The Balaban J connectivity index is 1.89. The van der Waals surface area contributed by atoms with Gasteiger partial charge in [0.1, 0.15) is 0 Å². The molecule has 1 aromatic heterocycles. The van der Waals surface area contributed by atoms with Gasteiger partial charge in [0, 0.05) is 31.1 Å². The van der Waals surface area contributed by atoms with E-state index >= 15 is 0 Å². The number of amides is 1. The normalized spacial score (nSPS) is 21.4. The summed E-state index contributed by atoms with van der Waals surface area (Å²) in [5.74, 6) is -0.0250. The van der Waals surface area contributed by atoms with Crippen molar-refractivity contribution in [2.45, 2.75) is 26.3 Å². The summed E-state index contributed by atoms with van der Waals surface area (Å²) in [6.07, 6.45) is 1.85. The van der Waals surface area contributed by atoms with Crippen molar-refractivity contribution in [3.05, 3.63) is 40.0 Å². The van der Waals surface area contributed by atoms with Crippen LogP contribution in [0.5, 0.6) is 0 Å². The predicted octanol–water partition coefficient (Wildman–Crippen LogP) is 3.67. The Hall–Kier alpha value is -2.12. The van der Waals surface area contributed by atoms with Crippen molar-refractivity contribution >= 4 is 44.4 Å². The molecule has 148 valence electrons. The third-order valence-corrected chi connectivity index (χ3v) is 6.91. The molecule has 2 aromatic rings. The Morgan fingerprint density at radius 2 is 2.00 bits per heavy atom. The van der Waals surface area contributed by atoms with Gasteiger partial charge in [-0.25, -0.2) is 9.36 Å². The summed E-state index contributed by atoms with van der Waals surface area (Å²) in [6.45, 7) is 6.09. The van der Waals surface area contributed by atoms with Gasteiger partial charge in [-0.15, -0.1) is 0 Å². The molecule has 1 N–H and O–H groups in total. The predicted molar refractivity (Wildman–Crippen MR) is 113 cm³/mol. The van der Waals surface area contributed by atoms with Gasteiger partial charge in [0.25, 0.3) is 0 Å². The van der Waals surface area contributed by atoms with E-state index in [-0.39, 0.29) is 17.9 Å². The van der Waals surface area contributed by atoms with Crippen LogP contribution in [-0.2, 0) is 11.2 Å². The van der Waals surface area contributed by atoms with Crippen molar-refractivity contribution in [3.63, 3.8) is 0 Å². The Labute approximate surface area is 172 Å². The van der Waals surface area contributed by atoms with E-state index in [9.17, 15) is 14.7 Å². The second-order valence-electron chi connectivity index (χ2n) is 7.49. The van der Waals surface area contributed by atoms with Crippen LogP contribution in [0.25, 0.3) is 16.5 Å². The van der Waals surface area contributed by atoms with E-state index in [4.69, 9.17) is 0 Å². The van der Waals surface area contributed by atoms with E-state index in [1.807, 2.05) is 44.0 Å². The summed E-state index contributed by atoms with van der Waals surface area (Å²) < 4.78 is 1.92. The zero-order valence-electron chi connectivity index (χ0n) is 16.3. The standard InChI is InChI=1S/C21H24BrN3O3/c1-4-24(5-2)20(26)12-9-14-13-7-6-8-16-18(13)15(10-17(14)23(3)11-12)19(22)25(16)21(27)28/h6-9,12,17H,4-5,10-11H2,1-3H3,(H,27,28). The number of fused-ring (bicyclic) bond motifs is 2. The molecule has 6 nitrogen and oxygen atoms in total. The lowest BCUT2D eigenvalue weighted by Crippen LogP contribution is -2.47. The molecule has 4 rings (SSSR count). The second-order valence-corrected chi connectivity index (χ2v) is 8.24. The Morgan fingerprint density at radius 3 is 2.64 bits per heavy atom. The fourth-order valence-electron chi connectivity index (χ4n) is 4.70. The molecule has 0 radical (unpaired) electrons. The van der Waals surface area contributed by atoms with Crippen molar-refractivity contribution in [1.82, 2.24) is 14.4 Å². The van der Waals surface area contributed by atoms with E-state index in [0.29, 0.717) is 29.8 Å². The Bertz CT molecular complexity index is 1010. The molecule has 7 heteroatoms. The number of nitrogens with zero attached hydrogens (tertiary/aromatic N) is 3. The van der Waals surface area contributed by atoms with Crippen LogP contribution in [0.3, 0.4) is 0 Å². The van der Waals surface area contributed by atoms with Crippen LogP contribution < -0.4 is 0 Å². The monoisotopic (exact) mass is 445 g/mol. The summed E-state index contributed by atoms with van der Waals surface area (Å²) in [5.41, 5.74) is 3.88. The number of halogens is 1. The lowest BCUT2D eigenvalue weighted by molar-refractivity contribution is -0.134. The molecular formula is C21H24BrN3O3. The number of hydrogen-bond donors (Lipinski definition) is 1. The zero-order chi connectivity index (χ0) is 20.2. The summed E-state index contributed by atoms with van der Waals surface area (Å²) in [5, 5.41) is 10.7. The van der Waals surface area contributed by atoms with Crippen molar-refractivity contribution in [2.24, 2.45) is 5.92 Å². The Kier molecular flexibility index (Phi) is 4.83. The number of likely N-dealkylation sites (N-methyl/N-ethyl adjacent to an activating group) is 1. The van der Waals surface area contributed by atoms with E-state index in [2.05, 4.69) is 26.9 Å². The highest BCUT2D eigenvalue weighted by Gasteiger charge is 2.38. The molecule has 0 fully saturated rings. The van der Waals surface area contributed by atoms with E-state index < -0.39 is 6.09 Å². The molecule has 1 aromatic carbocycles. The molecule has 0 bridgehead atoms. The minimum Gasteiger partial charge on any atom is -0.464 e. The SMILES string of the molecule is CCN(CC)C(=O)C1C=C2c3cccc4c3c(c(Br)n4C(=O)O)CC2N(C)C1. The van der Waals surface area contributed by atoms with Gasteiger partial charge in [-0.05, 0) is 66.0 Å². The van der Waals surface area contributed by atoms with Crippen LogP contribution in [0.1, 0.15) is 25.0 Å². The number of carbonyl (C=O) groups excluding carboxylic acids is 1. The average molecular weight is 446 g/mol. The number of carbonyl (C=O) groups is 2.